The van der Waals surface area contributed by atoms with E-state index in [2.05, 4.69) is 10.6 Å². The Hall–Kier alpha value is -3.02. The molecule has 0 aromatic heterocycles. The van der Waals surface area contributed by atoms with Gasteiger partial charge in [-0.25, -0.2) is 0 Å². The van der Waals surface area contributed by atoms with Gasteiger partial charge in [-0.1, -0.05) is 24.3 Å². The number of amides is 2. The number of hydrogen-bond acceptors (Lipinski definition) is 4. The maximum absolute atomic E-state index is 11.9. The third-order valence-corrected chi connectivity index (χ3v) is 3.98. The van der Waals surface area contributed by atoms with Crippen LogP contribution in [-0.2, 0) is 16.0 Å². The fourth-order valence-corrected chi connectivity index (χ4v) is 2.69. The van der Waals surface area contributed by atoms with E-state index in [0.29, 0.717) is 31.7 Å². The molecule has 26 heavy (non-hydrogen) atoms. The van der Waals surface area contributed by atoms with Gasteiger partial charge in [-0.2, -0.15) is 0 Å². The highest BCUT2D eigenvalue weighted by atomic mass is 16.6. The number of ether oxygens (including phenoxy) is 2. The lowest BCUT2D eigenvalue weighted by atomic mass is 10.1. The topological polar surface area (TPSA) is 76.7 Å². The highest BCUT2D eigenvalue weighted by Gasteiger charge is 2.12. The number of nitrogens with one attached hydrogen (secondary N) is 2. The van der Waals surface area contributed by atoms with Crippen molar-refractivity contribution in [1.82, 2.24) is 5.32 Å². The maximum Gasteiger partial charge on any atom is 0.243 e. The minimum Gasteiger partial charge on any atom is -0.486 e. The summed E-state index contributed by atoms with van der Waals surface area (Å²) in [6, 6.07) is 15.0. The van der Waals surface area contributed by atoms with Crippen molar-refractivity contribution in [3.05, 3.63) is 54.1 Å². The number of anilines is 1. The zero-order chi connectivity index (χ0) is 18.2. The molecule has 0 bridgehead atoms. The molecule has 0 atom stereocenters. The van der Waals surface area contributed by atoms with Gasteiger partial charge in [-0.05, 0) is 42.7 Å². The summed E-state index contributed by atoms with van der Waals surface area (Å²) in [5.74, 6) is 1.15. The minimum atomic E-state index is -0.239. The van der Waals surface area contributed by atoms with Gasteiger partial charge in [0.15, 0.2) is 11.5 Å². The van der Waals surface area contributed by atoms with E-state index in [1.165, 1.54) is 0 Å². The molecule has 0 spiro atoms. The van der Waals surface area contributed by atoms with E-state index >= 15 is 0 Å². The summed E-state index contributed by atoms with van der Waals surface area (Å²) in [5, 5.41) is 5.37. The van der Waals surface area contributed by atoms with Gasteiger partial charge in [-0.3, -0.25) is 9.59 Å². The number of aryl methyl sites for hydroxylation is 1. The lowest BCUT2D eigenvalue weighted by Gasteiger charge is -2.18. The summed E-state index contributed by atoms with van der Waals surface area (Å²) in [4.78, 5) is 23.7. The first-order valence-corrected chi connectivity index (χ1v) is 8.71. The van der Waals surface area contributed by atoms with E-state index in [1.807, 2.05) is 36.4 Å². The van der Waals surface area contributed by atoms with E-state index in [4.69, 9.17) is 9.47 Å². The second-order valence-corrected chi connectivity index (χ2v) is 6.02. The van der Waals surface area contributed by atoms with E-state index in [0.717, 1.165) is 23.5 Å². The number of benzene rings is 2. The third-order valence-electron chi connectivity index (χ3n) is 3.98. The lowest BCUT2D eigenvalue weighted by Crippen LogP contribution is -2.32. The molecule has 6 heteroatoms. The molecule has 2 aromatic carbocycles. The van der Waals surface area contributed by atoms with Gasteiger partial charge in [0, 0.05) is 12.1 Å². The summed E-state index contributed by atoms with van der Waals surface area (Å²) in [6.07, 6.45) is 1.83. The van der Waals surface area contributed by atoms with Gasteiger partial charge in [0.1, 0.15) is 13.2 Å². The van der Waals surface area contributed by atoms with Crippen LogP contribution in [0.1, 0.15) is 18.4 Å². The summed E-state index contributed by atoms with van der Waals surface area (Å²) < 4.78 is 11.0. The Morgan fingerprint density at radius 2 is 1.69 bits per heavy atom. The fourth-order valence-electron chi connectivity index (χ4n) is 2.69. The zero-order valence-electron chi connectivity index (χ0n) is 14.5. The third kappa shape index (κ3) is 5.24. The standard InChI is InChI=1S/C20H22N2O4/c23-19(21-14-20(24)22-16-6-2-1-3-7-16)8-4-5-15-9-10-17-18(13-15)26-12-11-25-17/h1-3,6-7,9-10,13H,4-5,8,11-12,14H2,(H,21,23)(H,22,24). The van der Waals surface area contributed by atoms with E-state index in [1.54, 1.807) is 12.1 Å². The van der Waals surface area contributed by atoms with Crippen molar-refractivity contribution in [1.29, 1.82) is 0 Å². The maximum atomic E-state index is 11.9. The predicted molar refractivity (Wildman–Crippen MR) is 98.5 cm³/mol. The molecule has 2 aromatic rings. The number of fused-ring (bicyclic) bond motifs is 1. The molecule has 1 heterocycles. The van der Waals surface area contributed by atoms with Gasteiger partial charge in [0.2, 0.25) is 11.8 Å². The highest BCUT2D eigenvalue weighted by Crippen LogP contribution is 2.31. The Labute approximate surface area is 152 Å². The molecule has 2 amide bonds. The molecular formula is C20H22N2O4. The van der Waals surface area contributed by atoms with Crippen molar-refractivity contribution in [2.45, 2.75) is 19.3 Å². The predicted octanol–water partition coefficient (Wildman–Crippen LogP) is 2.54. The van der Waals surface area contributed by atoms with Crippen LogP contribution in [0.5, 0.6) is 11.5 Å². The van der Waals surface area contributed by atoms with Crippen LogP contribution in [0.2, 0.25) is 0 Å². The molecular weight excluding hydrogens is 332 g/mol. The second-order valence-electron chi connectivity index (χ2n) is 6.02. The average molecular weight is 354 g/mol. The molecule has 0 fully saturated rings. The van der Waals surface area contributed by atoms with Gasteiger partial charge in [0.05, 0.1) is 6.54 Å². The first kappa shape index (κ1) is 17.8. The number of carbonyl (C=O) groups is 2. The first-order valence-electron chi connectivity index (χ1n) is 8.71. The van der Waals surface area contributed by atoms with Crippen LogP contribution in [0, 0.1) is 0 Å². The van der Waals surface area contributed by atoms with Crippen LogP contribution in [0.25, 0.3) is 0 Å². The Balaban J connectivity index is 1.36. The van der Waals surface area contributed by atoms with Crippen molar-refractivity contribution in [2.75, 3.05) is 25.1 Å². The molecule has 0 unspecified atom stereocenters. The molecule has 1 aliphatic heterocycles. The molecule has 136 valence electrons. The lowest BCUT2D eigenvalue weighted by molar-refractivity contribution is -0.124. The van der Waals surface area contributed by atoms with E-state index < -0.39 is 0 Å². The molecule has 0 aliphatic carbocycles. The smallest absolute Gasteiger partial charge is 0.243 e. The Bertz CT molecular complexity index is 762. The van der Waals surface area contributed by atoms with Crippen LogP contribution in [-0.4, -0.2) is 31.6 Å². The van der Waals surface area contributed by atoms with E-state index in [9.17, 15) is 9.59 Å². The Morgan fingerprint density at radius 3 is 2.50 bits per heavy atom. The Kier molecular flexibility index (Phi) is 6.09. The van der Waals surface area contributed by atoms with Crippen LogP contribution in [0.4, 0.5) is 5.69 Å². The van der Waals surface area contributed by atoms with Crippen LogP contribution >= 0.6 is 0 Å². The largest absolute Gasteiger partial charge is 0.486 e. The van der Waals surface area contributed by atoms with Crippen molar-refractivity contribution in [3.8, 4) is 11.5 Å². The zero-order valence-corrected chi connectivity index (χ0v) is 14.5. The molecule has 0 saturated heterocycles. The average Bonchev–Trinajstić information content (AvgIpc) is 2.67. The summed E-state index contributed by atoms with van der Waals surface area (Å²) >= 11 is 0. The first-order chi connectivity index (χ1) is 12.7. The second kappa shape index (κ2) is 8.89. The van der Waals surface area contributed by atoms with Crippen molar-refractivity contribution >= 4 is 17.5 Å². The molecule has 6 nitrogen and oxygen atoms in total. The summed E-state index contributed by atoms with van der Waals surface area (Å²) in [7, 11) is 0. The van der Waals surface area contributed by atoms with Gasteiger partial charge >= 0.3 is 0 Å². The SMILES string of the molecule is O=C(CCCc1ccc2c(c1)OCCO2)NCC(=O)Nc1ccccc1. The van der Waals surface area contributed by atoms with Gasteiger partial charge in [0.25, 0.3) is 0 Å². The van der Waals surface area contributed by atoms with Crippen molar-refractivity contribution in [2.24, 2.45) is 0 Å². The minimum absolute atomic E-state index is 0.0300. The summed E-state index contributed by atoms with van der Waals surface area (Å²) in [6.45, 7) is 1.10. The number of para-hydroxylation sites is 1. The number of hydrogen-bond donors (Lipinski definition) is 2. The van der Waals surface area contributed by atoms with Gasteiger partial charge < -0.3 is 20.1 Å². The quantitative estimate of drug-likeness (QED) is 0.801. The van der Waals surface area contributed by atoms with Crippen LogP contribution in [0.3, 0.4) is 0 Å². The van der Waals surface area contributed by atoms with Crippen molar-refractivity contribution in [3.63, 3.8) is 0 Å². The normalized spacial score (nSPS) is 12.3. The van der Waals surface area contributed by atoms with Gasteiger partial charge in [-0.15, -0.1) is 0 Å². The summed E-state index contributed by atoms with van der Waals surface area (Å²) in [5.41, 5.74) is 1.81. The molecule has 3 rings (SSSR count). The molecule has 0 radical (unpaired) electrons. The number of carbonyl (C=O) groups excluding carboxylic acids is 2. The number of rotatable bonds is 7. The molecule has 1 aliphatic rings. The fraction of sp³-hybridized carbons (Fsp3) is 0.300. The van der Waals surface area contributed by atoms with Crippen LogP contribution in [0.15, 0.2) is 48.5 Å². The van der Waals surface area contributed by atoms with Crippen molar-refractivity contribution < 1.29 is 19.1 Å². The Morgan fingerprint density at radius 1 is 0.923 bits per heavy atom. The monoisotopic (exact) mass is 354 g/mol. The highest BCUT2D eigenvalue weighted by molar-refractivity contribution is 5.94. The molecule has 2 N–H and O–H groups in total. The van der Waals surface area contributed by atoms with Crippen LogP contribution < -0.4 is 20.1 Å². The molecule has 0 saturated carbocycles. The van der Waals surface area contributed by atoms with E-state index in [-0.39, 0.29) is 18.4 Å².